The maximum atomic E-state index is 8.07. The Labute approximate surface area is 160 Å². The molecule has 0 unspecified atom stereocenters. The average molecular weight is 351 g/mol. The molecule has 0 aromatic heterocycles. The Morgan fingerprint density at radius 2 is 0.808 bits per heavy atom. The number of aryl methyl sites for hydroxylation is 3. The van der Waals surface area contributed by atoms with Crippen molar-refractivity contribution in [2.24, 2.45) is 0 Å². The summed E-state index contributed by atoms with van der Waals surface area (Å²) in [6, 6.07) is 30.8. The molecule has 26 heavy (non-hydrogen) atoms. The highest BCUT2D eigenvalue weighted by Gasteiger charge is 1.73. The van der Waals surface area contributed by atoms with Gasteiger partial charge < -0.3 is 5.11 Å². The van der Waals surface area contributed by atoms with E-state index in [1.54, 1.807) is 0 Å². The Bertz CT molecular complexity index is 527. The molecule has 1 heteroatoms. The van der Waals surface area contributed by atoms with Crippen LogP contribution in [0.25, 0.3) is 0 Å². The van der Waals surface area contributed by atoms with E-state index >= 15 is 0 Å². The Morgan fingerprint density at radius 3 is 0.885 bits per heavy atom. The number of hydrogen-bond acceptors (Lipinski definition) is 1. The Kier molecular flexibility index (Phi) is 15.8. The molecule has 0 atom stereocenters. The zero-order valence-electron chi connectivity index (χ0n) is 16.7. The van der Waals surface area contributed by atoms with Crippen LogP contribution in [0.2, 0.25) is 0 Å². The first-order valence-electron chi connectivity index (χ1n) is 9.26. The molecule has 1 N–H and O–H groups in total. The smallest absolute Gasteiger partial charge is 0.0430 e. The molecule has 1 nitrogen and oxygen atoms in total. The first-order valence-corrected chi connectivity index (χ1v) is 9.26. The van der Waals surface area contributed by atoms with Crippen LogP contribution in [0.3, 0.4) is 0 Å². The van der Waals surface area contributed by atoms with E-state index in [1.165, 1.54) is 16.7 Å². The van der Waals surface area contributed by atoms with Gasteiger partial charge in [0.15, 0.2) is 0 Å². The van der Waals surface area contributed by atoms with Crippen molar-refractivity contribution < 1.29 is 5.11 Å². The second kappa shape index (κ2) is 17.4. The lowest BCUT2D eigenvalue weighted by Gasteiger charge is -1.82. The summed E-state index contributed by atoms with van der Waals surface area (Å²) in [5.74, 6) is 0. The summed E-state index contributed by atoms with van der Waals surface area (Å²) < 4.78 is 0. The molecule has 0 saturated carbocycles. The third-order valence-corrected chi connectivity index (χ3v) is 3.33. The van der Waals surface area contributed by atoms with Crippen LogP contribution < -0.4 is 0 Å². The second-order valence-electron chi connectivity index (χ2n) is 6.04. The van der Waals surface area contributed by atoms with Crippen molar-refractivity contribution in [3.63, 3.8) is 0 Å². The number of aliphatic hydroxyl groups excluding tert-OH is 1. The standard InChI is InChI=1S/3C7H8.C4H10O/c3*1-7-5-3-2-4-6-7;1-2-3-4-5/h3*2-6H,1H3;5H,2-4H2,1H3. The van der Waals surface area contributed by atoms with Crippen LogP contribution in [-0.4, -0.2) is 11.7 Å². The van der Waals surface area contributed by atoms with E-state index in [0.717, 1.165) is 12.8 Å². The Morgan fingerprint density at radius 1 is 0.538 bits per heavy atom. The van der Waals surface area contributed by atoms with Crippen LogP contribution in [0.5, 0.6) is 0 Å². The molecule has 0 fully saturated rings. The van der Waals surface area contributed by atoms with Crippen LogP contribution in [0.15, 0.2) is 91.0 Å². The molecule has 3 aromatic rings. The van der Waals surface area contributed by atoms with Crippen molar-refractivity contribution in [2.75, 3.05) is 6.61 Å². The fourth-order valence-electron chi connectivity index (χ4n) is 1.76. The average Bonchev–Trinajstić information content (AvgIpc) is 2.66. The summed E-state index contributed by atoms with van der Waals surface area (Å²) in [4.78, 5) is 0. The third kappa shape index (κ3) is 16.5. The molecule has 0 saturated heterocycles. The highest BCUT2D eigenvalue weighted by atomic mass is 16.2. The van der Waals surface area contributed by atoms with Gasteiger partial charge in [-0.1, -0.05) is 121 Å². The van der Waals surface area contributed by atoms with Gasteiger partial charge in [0, 0.05) is 6.61 Å². The fourth-order valence-corrected chi connectivity index (χ4v) is 1.76. The second-order valence-corrected chi connectivity index (χ2v) is 6.04. The molecule has 0 aliphatic rings. The highest BCUT2D eigenvalue weighted by Crippen LogP contribution is 1.93. The first-order chi connectivity index (χ1) is 12.6. The summed E-state index contributed by atoms with van der Waals surface area (Å²) in [5, 5.41) is 8.07. The molecule has 0 aliphatic heterocycles. The maximum absolute atomic E-state index is 8.07. The first kappa shape index (κ1) is 23.6. The van der Waals surface area contributed by atoms with Gasteiger partial charge in [-0.15, -0.1) is 0 Å². The predicted octanol–water partition coefficient (Wildman–Crippen LogP) is 6.76. The monoisotopic (exact) mass is 350 g/mol. The molecule has 0 aliphatic carbocycles. The molecule has 0 amide bonds. The molecule has 0 spiro atoms. The van der Waals surface area contributed by atoms with E-state index in [2.05, 4.69) is 64.1 Å². The van der Waals surface area contributed by atoms with E-state index in [0.29, 0.717) is 6.61 Å². The van der Waals surface area contributed by atoms with Crippen molar-refractivity contribution in [1.82, 2.24) is 0 Å². The van der Waals surface area contributed by atoms with Gasteiger partial charge in [-0.25, -0.2) is 0 Å². The van der Waals surface area contributed by atoms with Gasteiger partial charge in [-0.3, -0.25) is 0 Å². The van der Waals surface area contributed by atoms with Crippen molar-refractivity contribution in [2.45, 2.75) is 40.5 Å². The van der Waals surface area contributed by atoms with Crippen LogP contribution in [0.4, 0.5) is 0 Å². The summed E-state index contributed by atoms with van der Waals surface area (Å²) >= 11 is 0. The molecule has 140 valence electrons. The largest absolute Gasteiger partial charge is 0.396 e. The topological polar surface area (TPSA) is 20.2 Å². The molecular formula is C25H34O. The van der Waals surface area contributed by atoms with Crippen molar-refractivity contribution in [3.8, 4) is 0 Å². The minimum absolute atomic E-state index is 0.344. The van der Waals surface area contributed by atoms with Crippen LogP contribution in [-0.2, 0) is 0 Å². The van der Waals surface area contributed by atoms with Crippen LogP contribution in [0.1, 0.15) is 36.5 Å². The van der Waals surface area contributed by atoms with Gasteiger partial charge in [-0.2, -0.15) is 0 Å². The predicted molar refractivity (Wildman–Crippen MR) is 116 cm³/mol. The normalized spacial score (nSPS) is 8.65. The molecule has 0 bridgehead atoms. The lowest BCUT2D eigenvalue weighted by Crippen LogP contribution is -1.75. The zero-order valence-corrected chi connectivity index (χ0v) is 16.7. The van der Waals surface area contributed by atoms with Gasteiger partial charge >= 0.3 is 0 Å². The highest BCUT2D eigenvalue weighted by molar-refractivity contribution is 5.12. The maximum Gasteiger partial charge on any atom is 0.0430 e. The van der Waals surface area contributed by atoms with Gasteiger partial charge in [0.1, 0.15) is 0 Å². The molecular weight excluding hydrogens is 316 g/mol. The number of aliphatic hydroxyl groups is 1. The minimum Gasteiger partial charge on any atom is -0.396 e. The van der Waals surface area contributed by atoms with Gasteiger partial charge in [-0.05, 0) is 27.2 Å². The molecule has 3 rings (SSSR count). The fraction of sp³-hybridized carbons (Fsp3) is 0.280. The van der Waals surface area contributed by atoms with E-state index < -0.39 is 0 Å². The molecule has 3 aromatic carbocycles. The van der Waals surface area contributed by atoms with Crippen LogP contribution >= 0.6 is 0 Å². The van der Waals surface area contributed by atoms with E-state index in [-0.39, 0.29) is 0 Å². The van der Waals surface area contributed by atoms with E-state index in [1.807, 2.05) is 54.6 Å². The van der Waals surface area contributed by atoms with Crippen molar-refractivity contribution in [1.29, 1.82) is 0 Å². The zero-order chi connectivity index (χ0) is 19.5. The van der Waals surface area contributed by atoms with E-state index in [4.69, 9.17) is 5.11 Å². The number of rotatable bonds is 2. The Hall–Kier alpha value is -2.38. The summed E-state index contributed by atoms with van der Waals surface area (Å²) in [6.45, 7) is 8.65. The number of hydrogen-bond donors (Lipinski definition) is 1. The van der Waals surface area contributed by atoms with E-state index in [9.17, 15) is 0 Å². The SMILES string of the molecule is CCCCO.Cc1ccccc1.Cc1ccccc1.Cc1ccccc1. The quantitative estimate of drug-likeness (QED) is 0.541. The van der Waals surface area contributed by atoms with Crippen molar-refractivity contribution in [3.05, 3.63) is 108 Å². The van der Waals surface area contributed by atoms with Gasteiger partial charge in [0.05, 0.1) is 0 Å². The lowest BCUT2D eigenvalue weighted by molar-refractivity contribution is 0.287. The number of unbranched alkanes of at least 4 members (excludes halogenated alkanes) is 1. The number of benzene rings is 3. The van der Waals surface area contributed by atoms with Gasteiger partial charge in [0.2, 0.25) is 0 Å². The van der Waals surface area contributed by atoms with Gasteiger partial charge in [0.25, 0.3) is 0 Å². The summed E-state index contributed by atoms with van der Waals surface area (Å²) in [5.41, 5.74) is 3.97. The molecule has 0 radical (unpaired) electrons. The van der Waals surface area contributed by atoms with Crippen molar-refractivity contribution >= 4 is 0 Å². The minimum atomic E-state index is 0.344. The molecule has 0 heterocycles. The third-order valence-electron chi connectivity index (χ3n) is 3.33. The summed E-state index contributed by atoms with van der Waals surface area (Å²) in [7, 11) is 0. The summed E-state index contributed by atoms with van der Waals surface area (Å²) in [6.07, 6.45) is 2.04. The Balaban J connectivity index is 0.000000324. The lowest BCUT2D eigenvalue weighted by atomic mass is 10.2. The van der Waals surface area contributed by atoms with Crippen LogP contribution in [0, 0.1) is 20.8 Å².